The quantitative estimate of drug-likeness (QED) is 0.443. The van der Waals surface area contributed by atoms with Crippen molar-refractivity contribution in [2.24, 2.45) is 29.1 Å². The number of allylic oxidation sites excluding steroid dienone is 3. The molecule has 0 radical (unpaired) electrons. The van der Waals surface area contributed by atoms with Crippen molar-refractivity contribution in [3.8, 4) is 0 Å². The molecule has 6 atom stereocenters. The maximum absolute atomic E-state index is 12.8. The fourth-order valence-corrected chi connectivity index (χ4v) is 4.75. The Bertz CT molecular complexity index is 714. The van der Waals surface area contributed by atoms with Crippen LogP contribution in [0.15, 0.2) is 36.0 Å². The van der Waals surface area contributed by atoms with Gasteiger partial charge < -0.3 is 9.47 Å². The lowest BCUT2D eigenvalue weighted by atomic mass is 9.65. The molecule has 160 valence electrons. The van der Waals surface area contributed by atoms with E-state index in [1.165, 1.54) is 5.57 Å². The Labute approximate surface area is 175 Å². The molecule has 4 heteroatoms. The molecule has 0 fully saturated rings. The van der Waals surface area contributed by atoms with E-state index in [1.807, 2.05) is 32.9 Å². The first-order chi connectivity index (χ1) is 13.7. The van der Waals surface area contributed by atoms with E-state index in [9.17, 15) is 9.59 Å². The second-order valence-corrected chi connectivity index (χ2v) is 9.71. The van der Waals surface area contributed by atoms with E-state index in [-0.39, 0.29) is 30.1 Å². The van der Waals surface area contributed by atoms with Crippen LogP contribution in [0.2, 0.25) is 0 Å². The molecule has 0 N–H and O–H groups in total. The summed E-state index contributed by atoms with van der Waals surface area (Å²) in [5.41, 5.74) is 0.840. The molecule has 0 aromatic carbocycles. The minimum atomic E-state index is -0.461. The molecular formula is C25H36O4. The molecule has 1 heterocycles. The maximum Gasteiger partial charge on any atom is 0.311 e. The Hall–Kier alpha value is -1.84. The molecule has 29 heavy (non-hydrogen) atoms. The van der Waals surface area contributed by atoms with E-state index in [0.29, 0.717) is 24.2 Å². The molecule has 0 bridgehead atoms. The van der Waals surface area contributed by atoms with Crippen LogP contribution in [0.1, 0.15) is 66.7 Å². The molecule has 0 aromatic rings. The molecule has 1 aliphatic heterocycles. The number of fused-ring (bicyclic) bond motifs is 1. The van der Waals surface area contributed by atoms with Crippen LogP contribution in [-0.2, 0) is 19.1 Å². The van der Waals surface area contributed by atoms with Gasteiger partial charge in [-0.25, -0.2) is 0 Å². The van der Waals surface area contributed by atoms with Crippen molar-refractivity contribution in [1.82, 2.24) is 0 Å². The highest BCUT2D eigenvalue weighted by atomic mass is 16.5. The van der Waals surface area contributed by atoms with E-state index in [1.54, 1.807) is 0 Å². The van der Waals surface area contributed by atoms with Gasteiger partial charge in [-0.2, -0.15) is 0 Å². The zero-order chi connectivity index (χ0) is 21.2. The number of esters is 2. The van der Waals surface area contributed by atoms with Gasteiger partial charge in [-0.1, -0.05) is 45.1 Å². The van der Waals surface area contributed by atoms with Crippen molar-refractivity contribution in [1.29, 1.82) is 0 Å². The summed E-state index contributed by atoms with van der Waals surface area (Å²) in [5, 5.41) is 0. The van der Waals surface area contributed by atoms with Crippen LogP contribution in [0, 0.1) is 29.1 Å². The highest BCUT2D eigenvalue weighted by Crippen LogP contribution is 2.45. The lowest BCUT2D eigenvalue weighted by molar-refractivity contribution is -0.165. The van der Waals surface area contributed by atoms with E-state index >= 15 is 0 Å². The summed E-state index contributed by atoms with van der Waals surface area (Å²) < 4.78 is 11.6. The second kappa shape index (κ2) is 8.89. The zero-order valence-electron chi connectivity index (χ0n) is 18.5. The van der Waals surface area contributed by atoms with Gasteiger partial charge in [-0.3, -0.25) is 9.59 Å². The number of hydrogen-bond acceptors (Lipinski definition) is 4. The van der Waals surface area contributed by atoms with E-state index in [4.69, 9.17) is 9.47 Å². The smallest absolute Gasteiger partial charge is 0.311 e. The van der Waals surface area contributed by atoms with Crippen molar-refractivity contribution in [2.45, 2.75) is 78.9 Å². The lowest BCUT2D eigenvalue weighted by Gasteiger charge is -2.44. The van der Waals surface area contributed by atoms with E-state index in [0.717, 1.165) is 25.7 Å². The standard InChI is InChI=1S/C25H36O4/c1-6-25(4,5)24(27)29-21-15-16(2)14-18-11-10-17(3)20(23(18)21)13-12-19-8-7-9-22(26)28-19/h7-8,10-11,14,16-17,19-21,23H,6,9,12-13,15H2,1-5H3/t16-,17-,19-,20-,21-,23-/m0/s1. The third kappa shape index (κ3) is 5.02. The maximum atomic E-state index is 12.8. The van der Waals surface area contributed by atoms with Crippen molar-refractivity contribution >= 4 is 11.9 Å². The normalized spacial score (nSPS) is 34.2. The molecule has 2 aliphatic carbocycles. The van der Waals surface area contributed by atoms with Gasteiger partial charge in [-0.15, -0.1) is 0 Å². The van der Waals surface area contributed by atoms with Crippen LogP contribution in [-0.4, -0.2) is 24.1 Å². The van der Waals surface area contributed by atoms with Gasteiger partial charge in [0, 0.05) is 5.92 Å². The summed E-state index contributed by atoms with van der Waals surface area (Å²) in [7, 11) is 0. The number of cyclic esters (lactones) is 1. The summed E-state index contributed by atoms with van der Waals surface area (Å²) in [6.07, 6.45) is 14.3. The largest absolute Gasteiger partial charge is 0.461 e. The molecule has 0 aromatic heterocycles. The van der Waals surface area contributed by atoms with Gasteiger partial charge in [0.1, 0.15) is 12.2 Å². The number of hydrogen-bond donors (Lipinski definition) is 0. The highest BCUT2D eigenvalue weighted by molar-refractivity contribution is 5.76. The number of carbonyl (C=O) groups excluding carboxylic acids is 2. The Morgan fingerprint density at radius 3 is 2.69 bits per heavy atom. The molecule has 0 saturated carbocycles. The van der Waals surface area contributed by atoms with Crippen molar-refractivity contribution in [3.63, 3.8) is 0 Å². The molecule has 0 saturated heterocycles. The molecular weight excluding hydrogens is 364 g/mol. The van der Waals surface area contributed by atoms with Crippen LogP contribution in [0.5, 0.6) is 0 Å². The second-order valence-electron chi connectivity index (χ2n) is 9.71. The number of carbonyl (C=O) groups is 2. The predicted molar refractivity (Wildman–Crippen MR) is 114 cm³/mol. The third-order valence-electron chi connectivity index (χ3n) is 6.99. The monoisotopic (exact) mass is 400 g/mol. The first kappa shape index (κ1) is 21.9. The van der Waals surface area contributed by atoms with Crippen LogP contribution in [0.3, 0.4) is 0 Å². The van der Waals surface area contributed by atoms with Gasteiger partial charge in [-0.05, 0) is 68.9 Å². The lowest BCUT2D eigenvalue weighted by Crippen LogP contribution is -2.43. The van der Waals surface area contributed by atoms with Gasteiger partial charge in [0.2, 0.25) is 0 Å². The van der Waals surface area contributed by atoms with Gasteiger partial charge in [0.25, 0.3) is 0 Å². The number of ether oxygens (including phenoxy) is 2. The van der Waals surface area contributed by atoms with Crippen molar-refractivity contribution in [2.75, 3.05) is 0 Å². The summed E-state index contributed by atoms with van der Waals surface area (Å²) >= 11 is 0. The van der Waals surface area contributed by atoms with Crippen LogP contribution < -0.4 is 0 Å². The Morgan fingerprint density at radius 1 is 1.24 bits per heavy atom. The predicted octanol–water partition coefficient (Wildman–Crippen LogP) is 5.39. The third-order valence-corrected chi connectivity index (χ3v) is 6.99. The Balaban J connectivity index is 1.78. The van der Waals surface area contributed by atoms with Crippen molar-refractivity contribution in [3.05, 3.63) is 36.0 Å². The minimum Gasteiger partial charge on any atom is -0.461 e. The molecule has 0 spiro atoms. The molecule has 4 nitrogen and oxygen atoms in total. The highest BCUT2D eigenvalue weighted by Gasteiger charge is 2.42. The Kier molecular flexibility index (Phi) is 6.70. The first-order valence-corrected chi connectivity index (χ1v) is 11.2. The minimum absolute atomic E-state index is 0.0924. The average Bonchev–Trinajstić information content (AvgIpc) is 2.67. The van der Waals surface area contributed by atoms with Gasteiger partial charge in [0.15, 0.2) is 0 Å². The van der Waals surface area contributed by atoms with Crippen LogP contribution in [0.25, 0.3) is 0 Å². The van der Waals surface area contributed by atoms with Crippen molar-refractivity contribution < 1.29 is 19.1 Å². The Morgan fingerprint density at radius 2 is 2.00 bits per heavy atom. The molecule has 3 aliphatic rings. The first-order valence-electron chi connectivity index (χ1n) is 11.2. The number of rotatable bonds is 6. The fraction of sp³-hybridized carbons (Fsp3) is 0.680. The van der Waals surface area contributed by atoms with Gasteiger partial charge >= 0.3 is 11.9 Å². The van der Waals surface area contributed by atoms with Crippen LogP contribution in [0.4, 0.5) is 0 Å². The summed E-state index contributed by atoms with van der Waals surface area (Å²) in [6.45, 7) is 10.4. The molecule has 0 unspecified atom stereocenters. The SMILES string of the molecule is CCC(C)(C)C(=O)O[C@H]1C[C@@H](C)C=C2C=C[C@H](C)[C@H](CC[C@@H]3C=CCC(=O)O3)[C@H]21. The summed E-state index contributed by atoms with van der Waals surface area (Å²) in [4.78, 5) is 24.4. The average molecular weight is 401 g/mol. The zero-order valence-corrected chi connectivity index (χ0v) is 18.5. The van der Waals surface area contributed by atoms with Gasteiger partial charge in [0.05, 0.1) is 11.8 Å². The fourth-order valence-electron chi connectivity index (χ4n) is 4.75. The van der Waals surface area contributed by atoms with E-state index in [2.05, 4.69) is 32.1 Å². The summed E-state index contributed by atoms with van der Waals surface area (Å²) in [6, 6.07) is 0. The molecule has 0 amide bonds. The van der Waals surface area contributed by atoms with Crippen LogP contribution >= 0.6 is 0 Å². The topological polar surface area (TPSA) is 52.6 Å². The van der Waals surface area contributed by atoms with E-state index < -0.39 is 5.41 Å². The molecule has 3 rings (SSSR count). The summed E-state index contributed by atoms with van der Waals surface area (Å²) in [5.74, 6) is 1.14.